The molecule has 0 aromatic heterocycles. The maximum atomic E-state index is 14.9. The van der Waals surface area contributed by atoms with E-state index in [2.05, 4.69) is 63.7 Å². The van der Waals surface area contributed by atoms with Crippen molar-refractivity contribution in [3.05, 3.63) is 55.6 Å². The van der Waals surface area contributed by atoms with Gasteiger partial charge in [0.1, 0.15) is 11.6 Å². The largest absolute Gasteiger partial charge is 0.396 e. The number of para-hydroxylation sites is 1. The first-order valence-electron chi connectivity index (χ1n) is 15.9. The number of anilines is 1. The van der Waals surface area contributed by atoms with E-state index in [-0.39, 0.29) is 41.1 Å². The standard InChI is InChI=1S/C35H50BrN3O5/c1-8-18-37(24-16-12-10-13-17-24)30(41)26-27-31(42)38(20-14-11-15-21-40)29(35(27)22-25(36)28(26)44-35)32(43)39(19-9-2)34(6,7)23-33(3,4)5/h8-10,12-13,16-17,25-29,40H,1-2,11,14-15,18-23H2,3-7H3/t25?,26-,27-,28-,29?,35?/m0/s1. The molecule has 2 bridgehead atoms. The first-order chi connectivity index (χ1) is 20.7. The van der Waals surface area contributed by atoms with Crippen molar-refractivity contribution in [2.75, 3.05) is 31.1 Å². The van der Waals surface area contributed by atoms with Gasteiger partial charge in [0.2, 0.25) is 17.7 Å². The van der Waals surface area contributed by atoms with Crippen molar-refractivity contribution < 1.29 is 24.2 Å². The summed E-state index contributed by atoms with van der Waals surface area (Å²) >= 11 is 3.80. The maximum Gasteiger partial charge on any atom is 0.249 e. The Morgan fingerprint density at radius 2 is 1.73 bits per heavy atom. The Kier molecular flexibility index (Phi) is 10.5. The molecule has 1 aromatic rings. The Morgan fingerprint density at radius 1 is 1.07 bits per heavy atom. The van der Waals surface area contributed by atoms with E-state index in [0.717, 1.165) is 18.5 Å². The molecule has 3 amide bonds. The topological polar surface area (TPSA) is 90.4 Å². The molecule has 242 valence electrons. The lowest BCUT2D eigenvalue weighted by Crippen LogP contribution is -2.61. The minimum absolute atomic E-state index is 0.0493. The lowest BCUT2D eigenvalue weighted by Gasteiger charge is -2.45. The molecular formula is C35H50BrN3O5. The van der Waals surface area contributed by atoms with Gasteiger partial charge in [0.25, 0.3) is 0 Å². The Labute approximate surface area is 271 Å². The highest BCUT2D eigenvalue weighted by molar-refractivity contribution is 9.09. The number of nitrogens with zero attached hydrogens (tertiary/aromatic N) is 3. The zero-order valence-electron chi connectivity index (χ0n) is 27.0. The summed E-state index contributed by atoms with van der Waals surface area (Å²) in [6.07, 6.45) is 6.04. The highest BCUT2D eigenvalue weighted by Gasteiger charge is 2.77. The molecule has 9 heteroatoms. The van der Waals surface area contributed by atoms with Gasteiger partial charge in [-0.25, -0.2) is 0 Å². The van der Waals surface area contributed by atoms with E-state index >= 15 is 0 Å². The zero-order chi connectivity index (χ0) is 32.4. The highest BCUT2D eigenvalue weighted by atomic mass is 79.9. The van der Waals surface area contributed by atoms with Crippen LogP contribution in [-0.4, -0.2) is 87.0 Å². The molecule has 0 aliphatic carbocycles. The third kappa shape index (κ3) is 6.42. The van der Waals surface area contributed by atoms with E-state index in [1.165, 1.54) is 0 Å². The van der Waals surface area contributed by atoms with E-state index in [1.54, 1.807) is 22.0 Å². The molecule has 3 unspecified atom stereocenters. The number of amides is 3. The second kappa shape index (κ2) is 13.5. The Balaban J connectivity index is 1.79. The SMILES string of the molecule is C=CCN(C(=O)[C@H]1[C@H]2C(=O)N(CCCCCO)C(C(=O)N(CC=C)C(C)(C)CC(C)(C)C)C23CC(Br)[C@@H]1O3)c1ccccc1. The zero-order valence-corrected chi connectivity index (χ0v) is 28.6. The van der Waals surface area contributed by atoms with Gasteiger partial charge in [-0.05, 0) is 63.5 Å². The molecule has 3 saturated heterocycles. The molecule has 1 aromatic carbocycles. The maximum absolute atomic E-state index is 14.9. The number of aliphatic hydroxyl groups excluding tert-OH is 1. The number of ether oxygens (including phenoxy) is 1. The fourth-order valence-electron chi connectivity index (χ4n) is 8.05. The van der Waals surface area contributed by atoms with Crippen molar-refractivity contribution in [1.29, 1.82) is 0 Å². The van der Waals surface area contributed by atoms with Crippen LogP contribution in [0.2, 0.25) is 0 Å². The van der Waals surface area contributed by atoms with Crippen molar-refractivity contribution >= 4 is 39.3 Å². The summed E-state index contributed by atoms with van der Waals surface area (Å²) in [5.74, 6) is -2.11. The number of hydrogen-bond donors (Lipinski definition) is 1. The fraction of sp³-hybridized carbons (Fsp3) is 0.629. The first kappa shape index (κ1) is 34.4. The number of hydrogen-bond acceptors (Lipinski definition) is 5. The van der Waals surface area contributed by atoms with E-state index in [9.17, 15) is 19.5 Å². The van der Waals surface area contributed by atoms with E-state index in [1.807, 2.05) is 35.2 Å². The predicted molar refractivity (Wildman–Crippen MR) is 177 cm³/mol. The fourth-order valence-corrected chi connectivity index (χ4v) is 8.99. The summed E-state index contributed by atoms with van der Waals surface area (Å²) in [5, 5.41) is 9.37. The average Bonchev–Trinajstić information content (AvgIpc) is 3.54. The van der Waals surface area contributed by atoms with Crippen LogP contribution in [0.25, 0.3) is 0 Å². The molecule has 6 atom stereocenters. The summed E-state index contributed by atoms with van der Waals surface area (Å²) < 4.78 is 6.80. The Hall–Kier alpha value is -2.49. The van der Waals surface area contributed by atoms with Crippen molar-refractivity contribution in [2.45, 2.75) is 94.8 Å². The van der Waals surface area contributed by atoms with Crippen LogP contribution >= 0.6 is 15.9 Å². The van der Waals surface area contributed by atoms with Gasteiger partial charge in [0.05, 0.1) is 17.9 Å². The normalized spacial score (nSPS) is 27.8. The summed E-state index contributed by atoms with van der Waals surface area (Å²) in [6, 6.07) is 8.52. The summed E-state index contributed by atoms with van der Waals surface area (Å²) in [6.45, 7) is 19.5. The van der Waals surface area contributed by atoms with Gasteiger partial charge in [-0.1, -0.05) is 67.1 Å². The van der Waals surface area contributed by atoms with E-state index in [0.29, 0.717) is 32.4 Å². The van der Waals surface area contributed by atoms with Crippen LogP contribution in [0.3, 0.4) is 0 Å². The minimum Gasteiger partial charge on any atom is -0.396 e. The van der Waals surface area contributed by atoms with Crippen LogP contribution < -0.4 is 4.90 Å². The van der Waals surface area contributed by atoms with Crippen LogP contribution in [0.1, 0.15) is 66.7 Å². The van der Waals surface area contributed by atoms with Crippen LogP contribution in [0.5, 0.6) is 0 Å². The molecule has 1 spiro atoms. The number of alkyl halides is 1. The summed E-state index contributed by atoms with van der Waals surface area (Å²) in [7, 11) is 0. The minimum atomic E-state index is -1.14. The number of aliphatic hydroxyl groups is 1. The quantitative estimate of drug-likeness (QED) is 0.164. The summed E-state index contributed by atoms with van der Waals surface area (Å²) in [5.41, 5.74) is -0.998. The molecule has 4 rings (SSSR count). The number of benzene rings is 1. The number of rotatable bonds is 14. The van der Waals surface area contributed by atoms with Gasteiger partial charge in [-0.2, -0.15) is 0 Å². The monoisotopic (exact) mass is 671 g/mol. The van der Waals surface area contributed by atoms with Gasteiger partial charge < -0.3 is 24.5 Å². The Morgan fingerprint density at radius 3 is 2.32 bits per heavy atom. The highest BCUT2D eigenvalue weighted by Crippen LogP contribution is 2.60. The van der Waals surface area contributed by atoms with Crippen molar-refractivity contribution in [2.24, 2.45) is 17.3 Å². The van der Waals surface area contributed by atoms with Crippen LogP contribution in [0.4, 0.5) is 5.69 Å². The van der Waals surface area contributed by atoms with Gasteiger partial charge in [-0.15, -0.1) is 13.2 Å². The van der Waals surface area contributed by atoms with Crippen LogP contribution in [-0.2, 0) is 19.1 Å². The van der Waals surface area contributed by atoms with Crippen molar-refractivity contribution in [3.63, 3.8) is 0 Å². The lowest BCUT2D eigenvalue weighted by molar-refractivity contribution is -0.152. The smallest absolute Gasteiger partial charge is 0.249 e. The van der Waals surface area contributed by atoms with Gasteiger partial charge in [-0.3, -0.25) is 14.4 Å². The molecule has 3 fully saturated rings. The molecule has 8 nitrogen and oxygen atoms in total. The second-order valence-electron chi connectivity index (χ2n) is 14.3. The second-order valence-corrected chi connectivity index (χ2v) is 15.5. The van der Waals surface area contributed by atoms with E-state index < -0.39 is 35.1 Å². The van der Waals surface area contributed by atoms with Crippen molar-refractivity contribution in [1.82, 2.24) is 9.80 Å². The summed E-state index contributed by atoms with van der Waals surface area (Å²) in [4.78, 5) is 48.9. The van der Waals surface area contributed by atoms with E-state index in [4.69, 9.17) is 4.74 Å². The third-order valence-electron chi connectivity index (χ3n) is 9.28. The number of halogens is 1. The van der Waals surface area contributed by atoms with Crippen LogP contribution in [0.15, 0.2) is 55.6 Å². The first-order valence-corrected chi connectivity index (χ1v) is 16.8. The number of likely N-dealkylation sites (tertiary alicyclic amines) is 1. The lowest BCUT2D eigenvalue weighted by atomic mass is 9.70. The molecule has 0 saturated carbocycles. The van der Waals surface area contributed by atoms with Gasteiger partial charge in [0.15, 0.2) is 0 Å². The molecule has 3 aliphatic rings. The van der Waals surface area contributed by atoms with Gasteiger partial charge in [0, 0.05) is 42.3 Å². The molecule has 44 heavy (non-hydrogen) atoms. The molecular weight excluding hydrogens is 622 g/mol. The van der Waals surface area contributed by atoms with Crippen molar-refractivity contribution in [3.8, 4) is 0 Å². The predicted octanol–water partition coefficient (Wildman–Crippen LogP) is 5.35. The molecule has 1 N–H and O–H groups in total. The van der Waals surface area contributed by atoms with Gasteiger partial charge >= 0.3 is 0 Å². The third-order valence-corrected chi connectivity index (χ3v) is 10.1. The Bertz CT molecular complexity index is 1230. The molecule has 0 radical (unpaired) electrons. The number of carbonyl (C=O) groups excluding carboxylic acids is 3. The number of fused-ring (bicyclic) bond motifs is 1. The number of carbonyl (C=O) groups is 3. The molecule has 3 aliphatic heterocycles. The van der Waals surface area contributed by atoms with Crippen LogP contribution in [0, 0.1) is 17.3 Å². The number of unbranched alkanes of at least 4 members (excludes halogenated alkanes) is 2. The average molecular weight is 673 g/mol. The molecule has 3 heterocycles.